The molecule has 6 heteroatoms. The van der Waals surface area contributed by atoms with Crippen LogP contribution in [0.1, 0.15) is 24.8 Å². The maximum Gasteiger partial charge on any atom is 0.410 e. The number of piperidine rings is 1. The summed E-state index contributed by atoms with van der Waals surface area (Å²) in [5.41, 5.74) is 8.83. The van der Waals surface area contributed by atoms with Crippen LogP contribution in [-0.4, -0.2) is 34.1 Å². The first-order chi connectivity index (χ1) is 12.7. The minimum atomic E-state index is -0.843. The van der Waals surface area contributed by atoms with Gasteiger partial charge in [-0.15, -0.1) is 0 Å². The van der Waals surface area contributed by atoms with Crippen molar-refractivity contribution in [3.63, 3.8) is 0 Å². The van der Waals surface area contributed by atoms with E-state index in [1.165, 1.54) is 37.9 Å². The van der Waals surface area contributed by atoms with Crippen molar-refractivity contribution in [2.75, 3.05) is 13.1 Å². The number of nitrogens with one attached hydrogen (secondary N) is 1. The fraction of sp³-hybridized carbons (Fsp3) is 0.300. The molecule has 1 fully saturated rings. The van der Waals surface area contributed by atoms with E-state index >= 15 is 0 Å². The Bertz CT molecular complexity index is 911. The van der Waals surface area contributed by atoms with Crippen molar-refractivity contribution < 1.29 is 9.53 Å². The van der Waals surface area contributed by atoms with Gasteiger partial charge in [0.1, 0.15) is 11.3 Å². The number of aromatic nitrogens is 2. The number of amides is 1. The topological polar surface area (TPSA) is 84.2 Å². The Morgan fingerprint density at radius 3 is 2.62 bits per heavy atom. The van der Waals surface area contributed by atoms with Gasteiger partial charge in [0.25, 0.3) is 0 Å². The number of benzene rings is 2. The van der Waals surface area contributed by atoms with E-state index in [0.717, 1.165) is 23.4 Å². The number of nitrogens with zero attached hydrogens (tertiary/aromatic N) is 2. The summed E-state index contributed by atoms with van der Waals surface area (Å²) < 4.78 is 5.03. The zero-order valence-corrected chi connectivity index (χ0v) is 14.6. The van der Waals surface area contributed by atoms with Gasteiger partial charge < -0.3 is 15.5 Å². The highest BCUT2D eigenvalue weighted by atomic mass is 16.5. The summed E-state index contributed by atoms with van der Waals surface area (Å²) in [6, 6.07) is 13.8. The van der Waals surface area contributed by atoms with Crippen LogP contribution in [0.25, 0.3) is 22.4 Å². The third-order valence-electron chi connectivity index (χ3n) is 4.77. The van der Waals surface area contributed by atoms with Gasteiger partial charge in [-0.3, -0.25) is 4.90 Å². The Hall–Kier alpha value is -2.86. The summed E-state index contributed by atoms with van der Waals surface area (Å²) in [7, 11) is 0. The first-order valence-corrected chi connectivity index (χ1v) is 8.97. The van der Waals surface area contributed by atoms with Gasteiger partial charge in [-0.2, -0.15) is 0 Å². The molecule has 1 saturated heterocycles. The van der Waals surface area contributed by atoms with Crippen molar-refractivity contribution in [1.82, 2.24) is 14.9 Å². The molecular formula is C20H22N4O2. The van der Waals surface area contributed by atoms with Gasteiger partial charge in [0.2, 0.25) is 0 Å². The summed E-state index contributed by atoms with van der Waals surface area (Å²) in [5, 5.41) is 0. The molecule has 0 atom stereocenters. The summed E-state index contributed by atoms with van der Waals surface area (Å²) in [4.78, 5) is 21.4. The van der Waals surface area contributed by atoms with Gasteiger partial charge in [0.05, 0.1) is 5.52 Å². The molecule has 3 aromatic rings. The molecular weight excluding hydrogens is 328 g/mol. The Labute approximate surface area is 152 Å². The first kappa shape index (κ1) is 16.6. The third-order valence-corrected chi connectivity index (χ3v) is 4.77. The largest absolute Gasteiger partial charge is 0.410 e. The molecule has 0 radical (unpaired) electrons. The number of ether oxygens (including phenoxy) is 1. The predicted octanol–water partition coefficient (Wildman–Crippen LogP) is 3.67. The van der Waals surface area contributed by atoms with Crippen LogP contribution in [0.3, 0.4) is 0 Å². The van der Waals surface area contributed by atoms with Crippen LogP contribution in [0.4, 0.5) is 4.79 Å². The molecule has 0 bridgehead atoms. The number of para-hydroxylation sites is 1. The molecule has 0 spiro atoms. The summed E-state index contributed by atoms with van der Waals surface area (Å²) in [5.74, 6) is 1.10. The van der Waals surface area contributed by atoms with Crippen LogP contribution in [-0.2, 0) is 6.54 Å². The monoisotopic (exact) mass is 350 g/mol. The number of primary amides is 1. The Morgan fingerprint density at radius 2 is 1.88 bits per heavy atom. The molecule has 1 amide bonds. The van der Waals surface area contributed by atoms with Crippen LogP contribution in [0.2, 0.25) is 0 Å². The summed E-state index contributed by atoms with van der Waals surface area (Å²) in [6.07, 6.45) is 3.10. The number of carbonyl (C=O) groups excluding carboxylic acids is 1. The molecule has 26 heavy (non-hydrogen) atoms. The second-order valence-corrected chi connectivity index (χ2v) is 6.69. The zero-order chi connectivity index (χ0) is 17.9. The highest BCUT2D eigenvalue weighted by Gasteiger charge is 2.13. The van der Waals surface area contributed by atoms with Gasteiger partial charge in [0, 0.05) is 12.1 Å². The molecule has 6 nitrogen and oxygen atoms in total. The van der Waals surface area contributed by atoms with Crippen molar-refractivity contribution in [2.45, 2.75) is 25.8 Å². The molecule has 2 aromatic carbocycles. The Kier molecular flexibility index (Phi) is 4.58. The van der Waals surface area contributed by atoms with Crippen LogP contribution in [0, 0.1) is 0 Å². The third kappa shape index (κ3) is 3.55. The molecule has 1 aliphatic heterocycles. The molecule has 1 aliphatic rings. The van der Waals surface area contributed by atoms with Crippen molar-refractivity contribution in [3.05, 3.63) is 48.0 Å². The number of hydrogen-bond acceptors (Lipinski definition) is 4. The van der Waals surface area contributed by atoms with Crippen molar-refractivity contribution in [1.29, 1.82) is 0 Å². The first-order valence-electron chi connectivity index (χ1n) is 8.97. The number of H-pyrrole nitrogens is 1. The number of imidazole rings is 1. The van der Waals surface area contributed by atoms with E-state index in [1.807, 2.05) is 6.07 Å². The number of likely N-dealkylation sites (tertiary alicyclic amines) is 1. The summed E-state index contributed by atoms with van der Waals surface area (Å²) in [6.45, 7) is 3.37. The van der Waals surface area contributed by atoms with Gasteiger partial charge in [0.15, 0.2) is 5.75 Å². The van der Waals surface area contributed by atoms with Crippen molar-refractivity contribution in [2.24, 2.45) is 5.73 Å². The van der Waals surface area contributed by atoms with E-state index in [1.54, 1.807) is 12.1 Å². The van der Waals surface area contributed by atoms with Crippen LogP contribution >= 0.6 is 0 Å². The minimum Gasteiger partial charge on any atom is -0.408 e. The lowest BCUT2D eigenvalue weighted by molar-refractivity contribution is 0.211. The average Bonchev–Trinajstić information content (AvgIpc) is 3.08. The maximum absolute atomic E-state index is 11.0. The number of carbonyl (C=O) groups is 1. The lowest BCUT2D eigenvalue weighted by Crippen LogP contribution is -2.28. The number of nitrogens with two attached hydrogens (primary N) is 1. The van der Waals surface area contributed by atoms with Crippen LogP contribution in [0.5, 0.6) is 5.75 Å². The highest BCUT2D eigenvalue weighted by Crippen LogP contribution is 2.27. The second kappa shape index (κ2) is 7.17. The SMILES string of the molecule is NC(=O)Oc1cccc2[nH]c(-c3ccc(CN4CCCCC4)cc3)nc12. The fourth-order valence-electron chi connectivity index (χ4n) is 3.48. The quantitative estimate of drug-likeness (QED) is 0.752. The average molecular weight is 350 g/mol. The molecule has 1 aromatic heterocycles. The van der Waals surface area contributed by atoms with Gasteiger partial charge in [-0.05, 0) is 43.6 Å². The molecule has 134 valence electrons. The normalized spacial score (nSPS) is 15.2. The van der Waals surface area contributed by atoms with Crippen molar-refractivity contribution >= 4 is 17.1 Å². The standard InChI is InChI=1S/C20H22N4O2/c21-20(25)26-17-6-4-5-16-18(17)23-19(22-16)15-9-7-14(8-10-15)13-24-11-2-1-3-12-24/h4-10H,1-3,11-13H2,(H2,21,25)(H,22,23). The number of aromatic amines is 1. The maximum atomic E-state index is 11.0. The zero-order valence-electron chi connectivity index (χ0n) is 14.6. The van der Waals surface area contributed by atoms with Crippen LogP contribution < -0.4 is 10.5 Å². The lowest BCUT2D eigenvalue weighted by atomic mass is 10.1. The summed E-state index contributed by atoms with van der Waals surface area (Å²) >= 11 is 0. The van der Waals surface area contributed by atoms with Gasteiger partial charge >= 0.3 is 6.09 Å². The predicted molar refractivity (Wildman–Crippen MR) is 101 cm³/mol. The Balaban J connectivity index is 1.56. The van der Waals surface area contributed by atoms with Gasteiger partial charge in [-0.1, -0.05) is 36.8 Å². The molecule has 3 N–H and O–H groups in total. The number of hydrogen-bond donors (Lipinski definition) is 2. The minimum absolute atomic E-state index is 0.360. The van der Waals surface area contributed by atoms with E-state index in [4.69, 9.17) is 10.5 Å². The fourth-order valence-corrected chi connectivity index (χ4v) is 3.48. The molecule has 2 heterocycles. The van der Waals surface area contributed by atoms with E-state index in [9.17, 15) is 4.79 Å². The van der Waals surface area contributed by atoms with E-state index in [0.29, 0.717) is 11.3 Å². The molecule has 4 rings (SSSR count). The van der Waals surface area contributed by atoms with Crippen molar-refractivity contribution in [3.8, 4) is 17.1 Å². The van der Waals surface area contributed by atoms with E-state index < -0.39 is 6.09 Å². The van der Waals surface area contributed by atoms with E-state index in [-0.39, 0.29) is 0 Å². The highest BCUT2D eigenvalue weighted by molar-refractivity contribution is 5.87. The van der Waals surface area contributed by atoms with Gasteiger partial charge in [-0.25, -0.2) is 9.78 Å². The molecule has 0 aliphatic carbocycles. The molecule has 0 saturated carbocycles. The molecule has 0 unspecified atom stereocenters. The smallest absolute Gasteiger partial charge is 0.408 e. The van der Waals surface area contributed by atoms with Crippen LogP contribution in [0.15, 0.2) is 42.5 Å². The van der Waals surface area contributed by atoms with E-state index in [2.05, 4.69) is 39.1 Å². The lowest BCUT2D eigenvalue weighted by Gasteiger charge is -2.26. The number of fused-ring (bicyclic) bond motifs is 1. The Morgan fingerprint density at radius 1 is 1.12 bits per heavy atom. The number of rotatable bonds is 4. The second-order valence-electron chi connectivity index (χ2n) is 6.69.